The zero-order valence-electron chi connectivity index (χ0n) is 9.93. The average molecular weight is 394 g/mol. The Kier molecular flexibility index (Phi) is 4.10. The van der Waals surface area contributed by atoms with Crippen molar-refractivity contribution in [2.24, 2.45) is 0 Å². The zero-order chi connectivity index (χ0) is 14.2. The van der Waals surface area contributed by atoms with Crippen LogP contribution in [0.1, 0.15) is 6.42 Å². The van der Waals surface area contributed by atoms with Gasteiger partial charge >= 0.3 is 0 Å². The van der Waals surface area contributed by atoms with Gasteiger partial charge in [-0.25, -0.2) is 0 Å². The minimum Gasteiger partial charge on any atom is -0.495 e. The molecular weight excluding hydrogens is 384 g/mol. The first-order chi connectivity index (χ1) is 8.93. The fourth-order valence-corrected chi connectivity index (χ4v) is 3.01. The molecule has 1 amide bonds. The van der Waals surface area contributed by atoms with Crippen LogP contribution in [0.3, 0.4) is 0 Å². The van der Waals surface area contributed by atoms with Gasteiger partial charge in [-0.3, -0.25) is 14.9 Å². The molecule has 1 heterocycles. The number of nitro groups is 1. The maximum absolute atomic E-state index is 11.9. The monoisotopic (exact) mass is 392 g/mol. The van der Waals surface area contributed by atoms with Gasteiger partial charge in [0, 0.05) is 29.9 Å². The van der Waals surface area contributed by atoms with Crippen molar-refractivity contribution in [2.45, 2.75) is 11.2 Å². The van der Waals surface area contributed by atoms with E-state index in [-0.39, 0.29) is 22.1 Å². The summed E-state index contributed by atoms with van der Waals surface area (Å²) in [5, 5.41) is 11.1. The first-order valence-electron chi connectivity index (χ1n) is 5.40. The number of hydrogen-bond donors (Lipinski definition) is 0. The molecule has 0 N–H and O–H groups in total. The highest BCUT2D eigenvalue weighted by molar-refractivity contribution is 9.10. The van der Waals surface area contributed by atoms with Crippen LogP contribution in [0.4, 0.5) is 11.4 Å². The molecule has 0 radical (unpaired) electrons. The van der Waals surface area contributed by atoms with Gasteiger partial charge in [-0.15, -0.1) is 0 Å². The van der Waals surface area contributed by atoms with E-state index in [1.54, 1.807) is 0 Å². The fraction of sp³-hybridized carbons (Fsp3) is 0.364. The van der Waals surface area contributed by atoms with E-state index < -0.39 is 4.92 Å². The van der Waals surface area contributed by atoms with E-state index in [0.717, 1.165) is 0 Å². The number of nitro benzene ring substituents is 1. The lowest BCUT2D eigenvalue weighted by Crippen LogP contribution is -2.25. The normalized spacial score (nSPS) is 18.8. The molecule has 0 spiro atoms. The smallest absolute Gasteiger partial charge is 0.294 e. The molecule has 0 aromatic heterocycles. The summed E-state index contributed by atoms with van der Waals surface area (Å²) in [7, 11) is 1.47. The van der Waals surface area contributed by atoms with E-state index in [4.69, 9.17) is 4.74 Å². The molecule has 102 valence electrons. The van der Waals surface area contributed by atoms with E-state index in [2.05, 4.69) is 31.9 Å². The lowest BCUT2D eigenvalue weighted by atomic mass is 10.2. The molecule has 0 bridgehead atoms. The summed E-state index contributed by atoms with van der Waals surface area (Å²) in [4.78, 5) is 23.9. The summed E-state index contributed by atoms with van der Waals surface area (Å²) in [6.45, 7) is 0.407. The van der Waals surface area contributed by atoms with Crippen LogP contribution in [-0.2, 0) is 4.79 Å². The predicted molar refractivity (Wildman–Crippen MR) is 77.0 cm³/mol. The van der Waals surface area contributed by atoms with Gasteiger partial charge in [-0.1, -0.05) is 15.9 Å². The van der Waals surface area contributed by atoms with E-state index in [0.29, 0.717) is 23.2 Å². The Morgan fingerprint density at radius 1 is 1.53 bits per heavy atom. The van der Waals surface area contributed by atoms with Gasteiger partial charge in [0.25, 0.3) is 5.69 Å². The second-order valence-corrected chi connectivity index (χ2v) is 6.19. The number of rotatable bonds is 3. The van der Waals surface area contributed by atoms with Crippen molar-refractivity contribution in [3.63, 3.8) is 0 Å². The lowest BCUT2D eigenvalue weighted by molar-refractivity contribution is -0.384. The molecule has 1 unspecified atom stereocenters. The van der Waals surface area contributed by atoms with Crippen LogP contribution in [0.2, 0.25) is 0 Å². The highest BCUT2D eigenvalue weighted by Crippen LogP contribution is 2.40. The molecule has 1 fully saturated rings. The minimum atomic E-state index is -0.506. The molecule has 0 saturated carbocycles. The standard InChI is InChI=1S/C11H10Br2N2O4/c1-19-10-4-8(9(15(17)18)3-7(10)13)14-5-6(12)2-11(14)16/h3-4,6H,2,5H2,1H3. The number of alkyl halides is 1. The van der Waals surface area contributed by atoms with Crippen molar-refractivity contribution in [2.75, 3.05) is 18.6 Å². The van der Waals surface area contributed by atoms with Crippen molar-refractivity contribution in [1.29, 1.82) is 0 Å². The van der Waals surface area contributed by atoms with Gasteiger partial charge < -0.3 is 9.64 Å². The maximum Gasteiger partial charge on any atom is 0.294 e. The Balaban J connectivity index is 2.54. The van der Waals surface area contributed by atoms with Crippen molar-refractivity contribution < 1.29 is 14.5 Å². The number of benzene rings is 1. The molecule has 1 aliphatic heterocycles. The molecule has 1 aliphatic rings. The van der Waals surface area contributed by atoms with Gasteiger partial charge in [-0.2, -0.15) is 0 Å². The van der Waals surface area contributed by atoms with Crippen LogP contribution in [-0.4, -0.2) is 29.3 Å². The highest BCUT2D eigenvalue weighted by atomic mass is 79.9. The van der Waals surface area contributed by atoms with Gasteiger partial charge in [0.05, 0.1) is 16.5 Å². The van der Waals surface area contributed by atoms with Gasteiger partial charge in [0.15, 0.2) is 0 Å². The lowest BCUT2D eigenvalue weighted by Gasteiger charge is -2.17. The second-order valence-electron chi connectivity index (χ2n) is 4.04. The van der Waals surface area contributed by atoms with Crippen LogP contribution in [0.5, 0.6) is 5.75 Å². The van der Waals surface area contributed by atoms with E-state index in [1.165, 1.54) is 24.1 Å². The molecule has 1 aromatic rings. The number of anilines is 1. The van der Waals surface area contributed by atoms with Gasteiger partial charge in [-0.05, 0) is 15.9 Å². The number of carbonyl (C=O) groups is 1. The molecular formula is C11H10Br2N2O4. The number of amides is 1. The molecule has 2 rings (SSSR count). The zero-order valence-corrected chi connectivity index (χ0v) is 13.1. The van der Waals surface area contributed by atoms with Gasteiger partial charge in [0.1, 0.15) is 11.4 Å². The number of methoxy groups -OCH3 is 1. The Morgan fingerprint density at radius 2 is 2.21 bits per heavy atom. The van der Waals surface area contributed by atoms with Crippen molar-refractivity contribution in [1.82, 2.24) is 0 Å². The SMILES string of the molecule is COc1cc(N2CC(Br)CC2=O)c([N+](=O)[O-])cc1Br. The van der Waals surface area contributed by atoms with E-state index in [1.807, 2.05) is 0 Å². The molecule has 6 nitrogen and oxygen atoms in total. The number of halogens is 2. The molecule has 19 heavy (non-hydrogen) atoms. The summed E-state index contributed by atoms with van der Waals surface area (Å²) < 4.78 is 5.60. The Hall–Kier alpha value is -1.15. The maximum atomic E-state index is 11.9. The Labute approximate surface area is 126 Å². The Bertz CT molecular complexity index is 550. The topological polar surface area (TPSA) is 72.7 Å². The largest absolute Gasteiger partial charge is 0.495 e. The third kappa shape index (κ3) is 2.74. The number of nitrogens with zero attached hydrogens (tertiary/aromatic N) is 2. The van der Waals surface area contributed by atoms with E-state index in [9.17, 15) is 14.9 Å². The van der Waals surface area contributed by atoms with Crippen LogP contribution >= 0.6 is 31.9 Å². The molecule has 1 saturated heterocycles. The number of carbonyl (C=O) groups excluding carboxylic acids is 1. The van der Waals surface area contributed by atoms with E-state index >= 15 is 0 Å². The Morgan fingerprint density at radius 3 is 2.68 bits per heavy atom. The van der Waals surface area contributed by atoms with Crippen molar-refractivity contribution in [3.05, 3.63) is 26.7 Å². The summed E-state index contributed by atoms with van der Waals surface area (Å²) >= 11 is 6.56. The van der Waals surface area contributed by atoms with Crippen LogP contribution in [0.15, 0.2) is 16.6 Å². The summed E-state index contributed by atoms with van der Waals surface area (Å²) in [6, 6.07) is 2.86. The molecule has 8 heteroatoms. The minimum absolute atomic E-state index is 0.00856. The predicted octanol–water partition coefficient (Wildman–Crippen LogP) is 2.87. The first-order valence-corrected chi connectivity index (χ1v) is 7.11. The fourth-order valence-electron chi connectivity index (χ4n) is 1.95. The third-order valence-electron chi connectivity index (χ3n) is 2.81. The van der Waals surface area contributed by atoms with Crippen LogP contribution < -0.4 is 9.64 Å². The first kappa shape index (κ1) is 14.3. The highest BCUT2D eigenvalue weighted by Gasteiger charge is 2.33. The van der Waals surface area contributed by atoms with Crippen LogP contribution in [0, 0.1) is 10.1 Å². The molecule has 1 aromatic carbocycles. The summed E-state index contributed by atoms with van der Waals surface area (Å²) in [5.74, 6) is 0.306. The second kappa shape index (κ2) is 5.46. The molecule has 0 aliphatic carbocycles. The van der Waals surface area contributed by atoms with Crippen LogP contribution in [0.25, 0.3) is 0 Å². The average Bonchev–Trinajstić information content (AvgIpc) is 2.68. The number of ether oxygens (including phenoxy) is 1. The van der Waals surface area contributed by atoms with Crippen molar-refractivity contribution >= 4 is 49.1 Å². The third-order valence-corrected chi connectivity index (χ3v) is 4.05. The summed E-state index contributed by atoms with van der Waals surface area (Å²) in [5.41, 5.74) is 0.139. The quantitative estimate of drug-likeness (QED) is 0.449. The van der Waals surface area contributed by atoms with Crippen molar-refractivity contribution in [3.8, 4) is 5.75 Å². The summed E-state index contributed by atoms with van der Waals surface area (Å²) in [6.07, 6.45) is 0.329. The van der Waals surface area contributed by atoms with Gasteiger partial charge in [0.2, 0.25) is 5.91 Å². The molecule has 1 atom stereocenters. The number of hydrogen-bond acceptors (Lipinski definition) is 4.